The van der Waals surface area contributed by atoms with E-state index >= 15 is 0 Å². The molecule has 0 aliphatic carbocycles. The number of piperidine rings is 1. The van der Waals surface area contributed by atoms with Crippen molar-refractivity contribution in [2.24, 2.45) is 0 Å². The van der Waals surface area contributed by atoms with Crippen molar-refractivity contribution in [2.75, 3.05) is 20.1 Å². The minimum absolute atomic E-state index is 0.262. The van der Waals surface area contributed by atoms with Gasteiger partial charge in [-0.3, -0.25) is 0 Å². The second kappa shape index (κ2) is 4.15. The van der Waals surface area contributed by atoms with E-state index in [4.69, 9.17) is 0 Å². The van der Waals surface area contributed by atoms with Crippen molar-refractivity contribution in [3.8, 4) is 0 Å². The third-order valence-electron chi connectivity index (χ3n) is 3.39. The van der Waals surface area contributed by atoms with Crippen LogP contribution in [0.4, 0.5) is 4.39 Å². The molecule has 0 saturated carbocycles. The van der Waals surface area contributed by atoms with Crippen LogP contribution in [0.3, 0.4) is 0 Å². The quantitative estimate of drug-likeness (QED) is 0.787. The number of nitrogens with zero attached hydrogens (tertiary/aromatic N) is 1. The third kappa shape index (κ3) is 2.25. The highest BCUT2D eigenvalue weighted by Gasteiger charge is 2.33. The Labute approximate surface area is 95.7 Å². The summed E-state index contributed by atoms with van der Waals surface area (Å²) in [5.74, 6) is -0.262. The van der Waals surface area contributed by atoms with Crippen molar-refractivity contribution in [2.45, 2.75) is 25.4 Å². The molecule has 1 heterocycles. The molecule has 1 aliphatic heterocycles. The van der Waals surface area contributed by atoms with Gasteiger partial charge in [-0.2, -0.15) is 0 Å². The van der Waals surface area contributed by atoms with Crippen LogP contribution in [-0.2, 0) is 5.60 Å². The second-order valence-electron chi connectivity index (χ2n) is 4.85. The van der Waals surface area contributed by atoms with Crippen LogP contribution in [0.5, 0.6) is 0 Å². The summed E-state index contributed by atoms with van der Waals surface area (Å²) < 4.78 is 13.3. The molecule has 1 aromatic carbocycles. The van der Waals surface area contributed by atoms with Crippen molar-refractivity contribution >= 4 is 0 Å². The van der Waals surface area contributed by atoms with Crippen LogP contribution in [0, 0.1) is 12.7 Å². The number of likely N-dealkylation sites (tertiary alicyclic amines) is 1. The van der Waals surface area contributed by atoms with Crippen LogP contribution in [0.1, 0.15) is 24.0 Å². The molecule has 1 N–H and O–H groups in total. The molecular formula is C13H18FNO. The largest absolute Gasteiger partial charge is 0.385 e. The Balaban J connectivity index is 2.28. The van der Waals surface area contributed by atoms with Crippen LogP contribution in [0.15, 0.2) is 18.2 Å². The lowest BCUT2D eigenvalue weighted by Gasteiger charge is -2.37. The predicted octanol–water partition coefficient (Wildman–Crippen LogP) is 2.05. The first-order valence-electron chi connectivity index (χ1n) is 5.68. The molecule has 88 valence electrons. The maximum atomic E-state index is 13.3. The van der Waals surface area contributed by atoms with Crippen LogP contribution >= 0.6 is 0 Å². The summed E-state index contributed by atoms with van der Waals surface area (Å²) >= 11 is 0. The first-order valence-corrected chi connectivity index (χ1v) is 5.68. The van der Waals surface area contributed by atoms with Gasteiger partial charge in [0, 0.05) is 13.1 Å². The number of halogens is 1. The average molecular weight is 223 g/mol. The minimum Gasteiger partial charge on any atom is -0.385 e. The van der Waals surface area contributed by atoms with E-state index in [1.165, 1.54) is 12.1 Å². The highest BCUT2D eigenvalue weighted by atomic mass is 19.1. The summed E-state index contributed by atoms with van der Waals surface area (Å²) in [7, 11) is 2.04. The van der Waals surface area contributed by atoms with Crippen molar-refractivity contribution in [1.82, 2.24) is 4.90 Å². The molecule has 1 aromatic rings. The van der Waals surface area contributed by atoms with Gasteiger partial charge in [-0.15, -0.1) is 0 Å². The van der Waals surface area contributed by atoms with Crippen LogP contribution in [0.2, 0.25) is 0 Å². The number of aliphatic hydroxyl groups is 1. The SMILES string of the molecule is Cc1cc(F)cc(C2(O)CCN(C)CC2)c1. The molecule has 0 atom stereocenters. The zero-order chi connectivity index (χ0) is 11.8. The zero-order valence-corrected chi connectivity index (χ0v) is 9.83. The summed E-state index contributed by atoms with van der Waals surface area (Å²) in [5, 5.41) is 10.5. The fourth-order valence-corrected chi connectivity index (χ4v) is 2.28. The summed E-state index contributed by atoms with van der Waals surface area (Å²) in [6, 6.07) is 4.83. The van der Waals surface area contributed by atoms with Crippen LogP contribution < -0.4 is 0 Å². The molecule has 0 amide bonds. The van der Waals surface area contributed by atoms with Gasteiger partial charge in [0.1, 0.15) is 5.82 Å². The normalized spacial score (nSPS) is 21.0. The molecule has 16 heavy (non-hydrogen) atoms. The minimum atomic E-state index is -0.848. The first kappa shape index (κ1) is 11.6. The number of benzene rings is 1. The van der Waals surface area contributed by atoms with Gasteiger partial charge in [0.2, 0.25) is 0 Å². The number of aryl methyl sites for hydroxylation is 1. The topological polar surface area (TPSA) is 23.5 Å². The highest BCUT2D eigenvalue weighted by molar-refractivity contribution is 5.29. The van der Waals surface area contributed by atoms with Gasteiger partial charge >= 0.3 is 0 Å². The predicted molar refractivity (Wildman–Crippen MR) is 61.8 cm³/mol. The van der Waals surface area contributed by atoms with E-state index in [0.717, 1.165) is 24.2 Å². The van der Waals surface area contributed by atoms with Gasteiger partial charge in [0.25, 0.3) is 0 Å². The monoisotopic (exact) mass is 223 g/mol. The molecule has 1 fully saturated rings. The summed E-state index contributed by atoms with van der Waals surface area (Å²) in [6.07, 6.45) is 1.35. The van der Waals surface area contributed by atoms with Gasteiger partial charge in [-0.25, -0.2) is 4.39 Å². The Kier molecular flexibility index (Phi) is 3.00. The maximum absolute atomic E-state index is 13.3. The Morgan fingerprint density at radius 2 is 1.88 bits per heavy atom. The lowest BCUT2D eigenvalue weighted by Crippen LogP contribution is -2.40. The van der Waals surface area contributed by atoms with Gasteiger partial charge in [-0.1, -0.05) is 6.07 Å². The molecule has 1 saturated heterocycles. The molecule has 3 heteroatoms. The van der Waals surface area contributed by atoms with Crippen molar-refractivity contribution in [1.29, 1.82) is 0 Å². The van der Waals surface area contributed by atoms with Crippen LogP contribution in [0.25, 0.3) is 0 Å². The second-order valence-corrected chi connectivity index (χ2v) is 4.85. The van der Waals surface area contributed by atoms with E-state index in [0.29, 0.717) is 12.8 Å². The van der Waals surface area contributed by atoms with E-state index < -0.39 is 5.60 Å². The van der Waals surface area contributed by atoms with E-state index in [2.05, 4.69) is 4.90 Å². The number of hydrogen-bond acceptors (Lipinski definition) is 2. The highest BCUT2D eigenvalue weighted by Crippen LogP contribution is 2.33. The van der Waals surface area contributed by atoms with Gasteiger partial charge < -0.3 is 10.0 Å². The fraction of sp³-hybridized carbons (Fsp3) is 0.538. The molecule has 2 nitrogen and oxygen atoms in total. The molecule has 1 aliphatic rings. The van der Waals surface area contributed by atoms with Crippen molar-refractivity contribution < 1.29 is 9.50 Å². The Morgan fingerprint density at radius 3 is 2.44 bits per heavy atom. The maximum Gasteiger partial charge on any atom is 0.123 e. The van der Waals surface area contributed by atoms with Gasteiger partial charge in [0.15, 0.2) is 0 Å². The summed E-state index contributed by atoms with van der Waals surface area (Å²) in [4.78, 5) is 2.18. The lowest BCUT2D eigenvalue weighted by molar-refractivity contribution is -0.0205. The third-order valence-corrected chi connectivity index (χ3v) is 3.39. The molecule has 0 aromatic heterocycles. The molecule has 0 spiro atoms. The van der Waals surface area contributed by atoms with E-state index in [1.807, 2.05) is 20.0 Å². The Morgan fingerprint density at radius 1 is 1.25 bits per heavy atom. The number of hydrogen-bond donors (Lipinski definition) is 1. The summed E-state index contributed by atoms with van der Waals surface area (Å²) in [6.45, 7) is 3.56. The summed E-state index contributed by atoms with van der Waals surface area (Å²) in [5.41, 5.74) is 0.736. The first-order chi connectivity index (χ1) is 7.49. The fourth-order valence-electron chi connectivity index (χ4n) is 2.28. The molecule has 0 unspecified atom stereocenters. The molecular weight excluding hydrogens is 205 g/mol. The van der Waals surface area contributed by atoms with Gasteiger partial charge in [0.05, 0.1) is 5.60 Å². The average Bonchev–Trinajstić information content (AvgIpc) is 2.21. The molecule has 0 bridgehead atoms. The smallest absolute Gasteiger partial charge is 0.123 e. The van der Waals surface area contributed by atoms with Crippen LogP contribution in [-0.4, -0.2) is 30.1 Å². The standard InChI is InChI=1S/C13H18FNO/c1-10-7-11(9-12(14)8-10)13(16)3-5-15(2)6-4-13/h7-9,16H,3-6H2,1-2H3. The van der Waals surface area contributed by atoms with E-state index in [1.54, 1.807) is 0 Å². The zero-order valence-electron chi connectivity index (χ0n) is 9.83. The van der Waals surface area contributed by atoms with E-state index in [-0.39, 0.29) is 5.82 Å². The van der Waals surface area contributed by atoms with Crippen molar-refractivity contribution in [3.63, 3.8) is 0 Å². The van der Waals surface area contributed by atoms with Gasteiger partial charge in [-0.05, 0) is 50.1 Å². The van der Waals surface area contributed by atoms with E-state index in [9.17, 15) is 9.50 Å². The Bertz CT molecular complexity index is 363. The Hall–Kier alpha value is -0.930. The number of rotatable bonds is 1. The van der Waals surface area contributed by atoms with Crippen molar-refractivity contribution in [3.05, 3.63) is 35.1 Å². The lowest BCUT2D eigenvalue weighted by atomic mass is 9.84. The molecule has 0 radical (unpaired) electrons. The molecule has 2 rings (SSSR count).